The molecular formula is C33H40N6O6. The van der Waals surface area contributed by atoms with Crippen molar-refractivity contribution in [1.82, 2.24) is 21.1 Å². The molecule has 12 nitrogen and oxygen atoms in total. The number of benzene rings is 2. The van der Waals surface area contributed by atoms with Gasteiger partial charge in [0.2, 0.25) is 23.6 Å². The van der Waals surface area contributed by atoms with Crippen molar-refractivity contribution in [2.75, 3.05) is 0 Å². The minimum absolute atomic E-state index is 0.0476. The Morgan fingerprint density at radius 1 is 1.00 bits per heavy atom. The summed E-state index contributed by atoms with van der Waals surface area (Å²) in [6, 6.07) is 11.4. The van der Waals surface area contributed by atoms with Gasteiger partial charge in [-0.2, -0.15) is 0 Å². The third-order valence-electron chi connectivity index (χ3n) is 8.78. The van der Waals surface area contributed by atoms with Crippen LogP contribution >= 0.6 is 0 Å². The molecule has 5 amide bonds. The smallest absolute Gasteiger partial charge is 0.271 e. The average Bonchev–Trinajstić information content (AvgIpc) is 3.65. The van der Waals surface area contributed by atoms with E-state index < -0.39 is 53.1 Å². The predicted octanol–water partition coefficient (Wildman–Crippen LogP) is 2.12. The van der Waals surface area contributed by atoms with Crippen LogP contribution in [0.2, 0.25) is 0 Å². The van der Waals surface area contributed by atoms with Gasteiger partial charge in [0.15, 0.2) is 5.69 Å². The summed E-state index contributed by atoms with van der Waals surface area (Å²) in [7, 11) is 0. The Morgan fingerprint density at radius 2 is 1.69 bits per heavy atom. The van der Waals surface area contributed by atoms with E-state index >= 15 is 0 Å². The standard InChI is InChI=1S/C33H40N6O6/c1-17-26(27(29(35)41)39-45-17)23(14-20-9-6-8-19-7-4-5-10-22(19)20)31(43)37-25(13-18-11-12-18)32(44)36-24(28(34)40)15-21-16-33(2,3)38-30(21)42/h4-10,18,21,23-25H,11-16H2,1-3H3,(H2,34,40)(H2,35,41)(H,36,44)(H,37,43)(H,38,42)/t21-,23+,24+,25+/m1/s1. The van der Waals surface area contributed by atoms with E-state index in [1.54, 1.807) is 6.92 Å². The van der Waals surface area contributed by atoms with E-state index in [0.29, 0.717) is 12.8 Å². The highest BCUT2D eigenvalue weighted by Gasteiger charge is 2.41. The molecule has 0 unspecified atom stereocenters. The van der Waals surface area contributed by atoms with Crippen molar-refractivity contribution in [3.05, 3.63) is 65.0 Å². The van der Waals surface area contributed by atoms with Crippen LogP contribution in [-0.4, -0.2) is 52.3 Å². The van der Waals surface area contributed by atoms with Crippen molar-refractivity contribution in [1.29, 1.82) is 0 Å². The molecule has 3 aromatic rings. The number of hydrogen-bond donors (Lipinski definition) is 5. The molecule has 45 heavy (non-hydrogen) atoms. The van der Waals surface area contributed by atoms with E-state index in [9.17, 15) is 24.0 Å². The molecule has 5 rings (SSSR count). The molecule has 1 aliphatic carbocycles. The molecule has 4 atom stereocenters. The minimum atomic E-state index is -1.10. The number of aryl methyl sites for hydroxylation is 1. The number of nitrogens with zero attached hydrogens (tertiary/aromatic N) is 1. The summed E-state index contributed by atoms with van der Waals surface area (Å²) in [6.07, 6.45) is 2.88. The minimum Gasteiger partial charge on any atom is -0.368 e. The molecule has 2 aromatic carbocycles. The van der Waals surface area contributed by atoms with Crippen molar-refractivity contribution >= 4 is 40.3 Å². The van der Waals surface area contributed by atoms with Gasteiger partial charge in [-0.1, -0.05) is 60.5 Å². The number of carbonyl (C=O) groups is 5. The third kappa shape index (κ3) is 7.33. The number of hydrogen-bond acceptors (Lipinski definition) is 7. The van der Waals surface area contributed by atoms with Crippen LogP contribution in [0.3, 0.4) is 0 Å². The fraction of sp³-hybridized carbons (Fsp3) is 0.455. The lowest BCUT2D eigenvalue weighted by Crippen LogP contribution is -2.54. The second-order valence-electron chi connectivity index (χ2n) is 13.0. The van der Waals surface area contributed by atoms with Crippen LogP contribution in [0, 0.1) is 18.8 Å². The predicted molar refractivity (Wildman–Crippen MR) is 165 cm³/mol. The van der Waals surface area contributed by atoms with Gasteiger partial charge in [0.1, 0.15) is 17.8 Å². The number of nitrogens with two attached hydrogens (primary N) is 2. The van der Waals surface area contributed by atoms with Crippen molar-refractivity contribution in [3.63, 3.8) is 0 Å². The Kier molecular flexibility index (Phi) is 8.94. The van der Waals surface area contributed by atoms with Gasteiger partial charge in [-0.15, -0.1) is 0 Å². The Hall–Kier alpha value is -4.74. The van der Waals surface area contributed by atoms with E-state index in [1.807, 2.05) is 56.3 Å². The Balaban J connectivity index is 1.42. The molecule has 2 fully saturated rings. The van der Waals surface area contributed by atoms with Crippen LogP contribution in [0.15, 0.2) is 47.0 Å². The molecule has 1 saturated heterocycles. The average molecular weight is 617 g/mol. The molecule has 1 aromatic heterocycles. The van der Waals surface area contributed by atoms with E-state index in [1.165, 1.54) is 0 Å². The van der Waals surface area contributed by atoms with Crippen LogP contribution in [0.25, 0.3) is 10.8 Å². The Morgan fingerprint density at radius 3 is 2.33 bits per heavy atom. The topological polar surface area (TPSA) is 200 Å². The highest BCUT2D eigenvalue weighted by molar-refractivity contribution is 5.98. The summed E-state index contributed by atoms with van der Waals surface area (Å²) in [4.78, 5) is 65.1. The number of carbonyl (C=O) groups excluding carboxylic acids is 5. The molecule has 0 spiro atoms. The first-order chi connectivity index (χ1) is 21.3. The van der Waals surface area contributed by atoms with Gasteiger partial charge in [0, 0.05) is 17.0 Å². The molecule has 12 heteroatoms. The zero-order valence-electron chi connectivity index (χ0n) is 25.7. The highest BCUT2D eigenvalue weighted by Crippen LogP contribution is 2.35. The SMILES string of the molecule is Cc1onc(C(N)=O)c1[C@H](Cc1cccc2ccccc12)C(=O)N[C@@H](CC1CC1)C(=O)N[C@@H](C[C@@H]1CC(C)(C)NC1=O)C(N)=O. The highest BCUT2D eigenvalue weighted by atomic mass is 16.5. The number of amides is 5. The summed E-state index contributed by atoms with van der Waals surface area (Å²) in [5, 5.41) is 14.2. The normalized spacial score (nSPS) is 19.4. The molecule has 1 saturated carbocycles. The first-order valence-electron chi connectivity index (χ1n) is 15.3. The third-order valence-corrected chi connectivity index (χ3v) is 8.78. The fourth-order valence-corrected chi connectivity index (χ4v) is 6.36. The van der Waals surface area contributed by atoms with Crippen LogP contribution in [0.4, 0.5) is 0 Å². The molecule has 7 N–H and O–H groups in total. The number of fused-ring (bicyclic) bond motifs is 1. The van der Waals surface area contributed by atoms with Gasteiger partial charge in [0.05, 0.1) is 5.92 Å². The van der Waals surface area contributed by atoms with Gasteiger partial charge in [-0.25, -0.2) is 0 Å². The molecule has 1 aliphatic heterocycles. The van der Waals surface area contributed by atoms with Crippen molar-refractivity contribution in [2.45, 2.75) is 82.8 Å². The lowest BCUT2D eigenvalue weighted by Gasteiger charge is -2.25. The quantitative estimate of drug-likeness (QED) is 0.194. The van der Waals surface area contributed by atoms with Crippen molar-refractivity contribution < 1.29 is 28.5 Å². The van der Waals surface area contributed by atoms with Crippen LogP contribution in [-0.2, 0) is 25.6 Å². The maximum atomic E-state index is 14.2. The Labute approximate surface area is 261 Å². The summed E-state index contributed by atoms with van der Waals surface area (Å²) >= 11 is 0. The van der Waals surface area contributed by atoms with Gasteiger partial charge < -0.3 is 31.9 Å². The molecular weight excluding hydrogens is 576 g/mol. The van der Waals surface area contributed by atoms with Crippen LogP contribution in [0.1, 0.15) is 79.2 Å². The number of rotatable bonds is 13. The molecule has 0 bridgehead atoms. The molecule has 238 valence electrons. The number of nitrogens with one attached hydrogen (secondary N) is 3. The summed E-state index contributed by atoms with van der Waals surface area (Å²) in [5.41, 5.74) is 11.8. The zero-order chi connectivity index (χ0) is 32.5. The second kappa shape index (κ2) is 12.7. The van der Waals surface area contributed by atoms with Gasteiger partial charge >= 0.3 is 0 Å². The number of primary amides is 2. The second-order valence-corrected chi connectivity index (χ2v) is 13.0. The van der Waals surface area contributed by atoms with Crippen LogP contribution < -0.4 is 27.4 Å². The largest absolute Gasteiger partial charge is 0.368 e. The van der Waals surface area contributed by atoms with E-state index in [-0.39, 0.29) is 41.7 Å². The Bertz CT molecular complexity index is 1640. The van der Waals surface area contributed by atoms with Gasteiger partial charge in [-0.05, 0) is 68.7 Å². The fourth-order valence-electron chi connectivity index (χ4n) is 6.36. The van der Waals surface area contributed by atoms with Crippen molar-refractivity contribution in [3.8, 4) is 0 Å². The maximum absolute atomic E-state index is 14.2. The first-order valence-corrected chi connectivity index (χ1v) is 15.3. The van der Waals surface area contributed by atoms with E-state index in [0.717, 1.165) is 29.2 Å². The molecule has 0 radical (unpaired) electrons. The summed E-state index contributed by atoms with van der Waals surface area (Å²) in [5.74, 6) is -3.88. The lowest BCUT2D eigenvalue weighted by molar-refractivity contribution is -0.132. The monoisotopic (exact) mass is 616 g/mol. The first kappa shape index (κ1) is 31.7. The van der Waals surface area contributed by atoms with Gasteiger partial charge in [0.25, 0.3) is 5.91 Å². The zero-order valence-corrected chi connectivity index (χ0v) is 25.7. The van der Waals surface area contributed by atoms with Crippen molar-refractivity contribution in [2.24, 2.45) is 23.3 Å². The molecule has 2 aliphatic rings. The van der Waals surface area contributed by atoms with Gasteiger partial charge in [-0.3, -0.25) is 24.0 Å². The lowest BCUT2D eigenvalue weighted by atomic mass is 9.87. The van der Waals surface area contributed by atoms with E-state index in [2.05, 4.69) is 21.1 Å². The maximum Gasteiger partial charge on any atom is 0.271 e. The van der Waals surface area contributed by atoms with E-state index in [4.69, 9.17) is 16.0 Å². The summed E-state index contributed by atoms with van der Waals surface area (Å²) in [6.45, 7) is 5.38. The molecule has 2 heterocycles. The number of aromatic nitrogens is 1. The van der Waals surface area contributed by atoms with Crippen LogP contribution in [0.5, 0.6) is 0 Å². The summed E-state index contributed by atoms with van der Waals surface area (Å²) < 4.78 is 5.31.